The van der Waals surface area contributed by atoms with Gasteiger partial charge in [0.25, 0.3) is 17.7 Å². The molecule has 2 aromatic rings. The second-order valence-corrected chi connectivity index (χ2v) is 10.4. The number of rotatable bonds is 7. The second-order valence-electron chi connectivity index (χ2n) is 9.62. The van der Waals surface area contributed by atoms with Crippen LogP contribution in [0.1, 0.15) is 59.2 Å². The monoisotopic (exact) mass is 563 g/mol. The fraction of sp³-hybridized carbons (Fsp3) is 0.407. The first-order valence-electron chi connectivity index (χ1n) is 12.5. The van der Waals surface area contributed by atoms with Crippen molar-refractivity contribution in [3.63, 3.8) is 0 Å². The van der Waals surface area contributed by atoms with Gasteiger partial charge in [-0.2, -0.15) is 0 Å². The Balaban J connectivity index is 1.66. The number of carboxylic acids is 1. The van der Waals surface area contributed by atoms with Gasteiger partial charge in [0.05, 0.1) is 16.5 Å². The van der Waals surface area contributed by atoms with Gasteiger partial charge in [-0.1, -0.05) is 48.5 Å². The lowest BCUT2D eigenvalue weighted by Gasteiger charge is -2.34. The summed E-state index contributed by atoms with van der Waals surface area (Å²) in [6.45, 7) is 0.0543. The number of nitrogens with one attached hydrogen (secondary N) is 1. The van der Waals surface area contributed by atoms with Gasteiger partial charge in [-0.15, -0.1) is 0 Å². The van der Waals surface area contributed by atoms with Gasteiger partial charge >= 0.3 is 5.97 Å². The van der Waals surface area contributed by atoms with Crippen molar-refractivity contribution in [2.45, 2.75) is 50.7 Å². The highest BCUT2D eigenvalue weighted by Crippen LogP contribution is 2.29. The van der Waals surface area contributed by atoms with Crippen LogP contribution in [-0.4, -0.2) is 63.9 Å². The van der Waals surface area contributed by atoms with Crippen LogP contribution in [0.3, 0.4) is 0 Å². The van der Waals surface area contributed by atoms with Crippen LogP contribution in [0.4, 0.5) is 4.39 Å². The normalized spacial score (nSPS) is 18.8. The Morgan fingerprint density at radius 2 is 1.55 bits per heavy atom. The molecule has 2 N–H and O–H groups in total. The molecule has 1 heterocycles. The molecule has 0 radical (unpaired) electrons. The summed E-state index contributed by atoms with van der Waals surface area (Å²) in [7, 11) is 0. The Labute approximate surface area is 229 Å². The van der Waals surface area contributed by atoms with Gasteiger partial charge in [0.1, 0.15) is 5.82 Å². The number of hydrogen-bond acceptors (Lipinski definition) is 4. The van der Waals surface area contributed by atoms with Crippen molar-refractivity contribution in [3.05, 3.63) is 69.5 Å². The number of hydrogen-bond donors (Lipinski definition) is 2. The molecule has 1 aliphatic heterocycles. The van der Waals surface area contributed by atoms with E-state index in [0.717, 1.165) is 38.2 Å². The maximum absolute atomic E-state index is 13.9. The van der Waals surface area contributed by atoms with Gasteiger partial charge in [-0.25, -0.2) is 4.39 Å². The molecule has 2 fully saturated rings. The van der Waals surface area contributed by atoms with Crippen molar-refractivity contribution < 1.29 is 28.7 Å². The van der Waals surface area contributed by atoms with Gasteiger partial charge in [-0.3, -0.25) is 19.2 Å². The molecule has 1 saturated carbocycles. The van der Waals surface area contributed by atoms with Gasteiger partial charge in [-0.05, 0) is 55.2 Å². The van der Waals surface area contributed by atoms with Crippen LogP contribution in [0.25, 0.3) is 0 Å². The molecule has 2 atom stereocenters. The minimum Gasteiger partial charge on any atom is -0.481 e. The molecule has 0 aromatic heterocycles. The summed E-state index contributed by atoms with van der Waals surface area (Å²) in [5.41, 5.74) is 0.202. The van der Waals surface area contributed by atoms with Crippen molar-refractivity contribution in [2.24, 2.45) is 5.92 Å². The van der Waals surface area contributed by atoms with E-state index in [1.807, 2.05) is 0 Å². The number of amides is 3. The highest BCUT2D eigenvalue weighted by atomic mass is 35.5. The maximum atomic E-state index is 13.9. The first-order chi connectivity index (χ1) is 18.2. The lowest BCUT2D eigenvalue weighted by Crippen LogP contribution is -2.57. The lowest BCUT2D eigenvalue weighted by atomic mass is 9.82. The van der Waals surface area contributed by atoms with Crippen LogP contribution in [0.5, 0.6) is 0 Å². The minimum atomic E-state index is -1.37. The number of halogens is 3. The van der Waals surface area contributed by atoms with E-state index < -0.39 is 41.7 Å². The van der Waals surface area contributed by atoms with Crippen LogP contribution in [0.2, 0.25) is 10.0 Å². The zero-order valence-corrected chi connectivity index (χ0v) is 22.1. The van der Waals surface area contributed by atoms with Gasteiger partial charge in [0.2, 0.25) is 0 Å². The van der Waals surface area contributed by atoms with Crippen LogP contribution in [0.15, 0.2) is 42.5 Å². The zero-order chi connectivity index (χ0) is 27.4. The smallest absolute Gasteiger partial charge is 0.305 e. The number of benzene rings is 2. The molecule has 202 valence electrons. The summed E-state index contributed by atoms with van der Waals surface area (Å²) in [5, 5.41) is 12.8. The molecule has 1 aliphatic carbocycles. The number of aliphatic carboxylic acids is 1. The summed E-state index contributed by atoms with van der Waals surface area (Å²) < 4.78 is 13.9. The Bertz CT molecular complexity index is 1240. The van der Waals surface area contributed by atoms with Gasteiger partial charge < -0.3 is 20.2 Å². The maximum Gasteiger partial charge on any atom is 0.305 e. The molecule has 2 aromatic carbocycles. The van der Waals surface area contributed by atoms with E-state index in [9.17, 15) is 28.7 Å². The summed E-state index contributed by atoms with van der Waals surface area (Å²) >= 11 is 12.1. The minimum absolute atomic E-state index is 0.0214. The number of carboxylic acid groups (broad SMARTS) is 1. The second kappa shape index (κ2) is 12.1. The van der Waals surface area contributed by atoms with Crippen molar-refractivity contribution in [1.82, 2.24) is 15.1 Å². The summed E-state index contributed by atoms with van der Waals surface area (Å²) in [6, 6.07) is 8.74. The predicted molar refractivity (Wildman–Crippen MR) is 139 cm³/mol. The first kappa shape index (κ1) is 27.9. The SMILES string of the molecule is O=C(O)CC(NC(=O)C1N(C(=O)c2cccc(F)c2)CCN1C(=O)c1ccc(Cl)c(Cl)c1)C1CCCCC1. The van der Waals surface area contributed by atoms with E-state index in [4.69, 9.17) is 23.2 Å². The van der Waals surface area contributed by atoms with E-state index >= 15 is 0 Å². The van der Waals surface area contributed by atoms with Crippen LogP contribution < -0.4 is 5.32 Å². The van der Waals surface area contributed by atoms with Gasteiger partial charge in [0, 0.05) is 30.3 Å². The largest absolute Gasteiger partial charge is 0.481 e. The fourth-order valence-electron chi connectivity index (χ4n) is 5.24. The lowest BCUT2D eigenvalue weighted by molar-refractivity contribution is -0.138. The Hall–Kier alpha value is -3.17. The summed E-state index contributed by atoms with van der Waals surface area (Å²) in [5.74, 6) is -3.54. The van der Waals surface area contributed by atoms with Gasteiger partial charge in [0.15, 0.2) is 6.17 Å². The van der Waals surface area contributed by atoms with E-state index in [2.05, 4.69) is 5.32 Å². The number of carbonyl (C=O) groups excluding carboxylic acids is 3. The molecular weight excluding hydrogens is 536 g/mol. The topological polar surface area (TPSA) is 107 Å². The van der Waals surface area contributed by atoms with Crippen molar-refractivity contribution in [3.8, 4) is 0 Å². The van der Waals surface area contributed by atoms with Crippen molar-refractivity contribution >= 4 is 46.9 Å². The third kappa shape index (κ3) is 6.27. The van der Waals surface area contributed by atoms with Crippen LogP contribution >= 0.6 is 23.2 Å². The molecule has 1 saturated heterocycles. The average molecular weight is 564 g/mol. The van der Waals surface area contributed by atoms with E-state index in [1.165, 1.54) is 46.2 Å². The highest BCUT2D eigenvalue weighted by Gasteiger charge is 2.44. The average Bonchev–Trinajstić information content (AvgIpc) is 3.34. The zero-order valence-electron chi connectivity index (χ0n) is 20.5. The molecule has 11 heteroatoms. The van der Waals surface area contributed by atoms with Crippen molar-refractivity contribution in [2.75, 3.05) is 13.1 Å². The molecule has 0 bridgehead atoms. The van der Waals surface area contributed by atoms with Crippen LogP contribution in [-0.2, 0) is 9.59 Å². The number of carbonyl (C=O) groups is 4. The molecule has 2 unspecified atom stereocenters. The molecular formula is C27H28Cl2FN3O5. The molecule has 8 nitrogen and oxygen atoms in total. The summed E-state index contributed by atoms with van der Waals surface area (Å²) in [4.78, 5) is 54.7. The molecule has 38 heavy (non-hydrogen) atoms. The first-order valence-corrected chi connectivity index (χ1v) is 13.3. The molecule has 4 rings (SSSR count). The van der Waals surface area contributed by atoms with Crippen LogP contribution in [0, 0.1) is 11.7 Å². The van der Waals surface area contributed by atoms with E-state index in [0.29, 0.717) is 0 Å². The quantitative estimate of drug-likeness (QED) is 0.512. The third-order valence-corrected chi connectivity index (χ3v) is 7.85. The molecule has 0 spiro atoms. The standard InChI is InChI=1S/C27H28Cl2FN3O5/c28-20-10-9-18(14-21(20)29)27(38)33-12-11-32(26(37)17-7-4-8-19(30)13-17)25(33)24(36)31-22(15-23(34)35)16-5-2-1-3-6-16/h4,7-10,13-14,16,22,25H,1-3,5-6,11-12,15H2,(H,31,36)(H,34,35). The fourth-order valence-corrected chi connectivity index (χ4v) is 5.53. The molecule has 3 amide bonds. The van der Waals surface area contributed by atoms with Crippen molar-refractivity contribution in [1.29, 1.82) is 0 Å². The Kier molecular flexibility index (Phi) is 8.89. The highest BCUT2D eigenvalue weighted by molar-refractivity contribution is 6.42. The number of nitrogens with zero attached hydrogens (tertiary/aromatic N) is 2. The van der Waals surface area contributed by atoms with E-state index in [1.54, 1.807) is 0 Å². The Morgan fingerprint density at radius 1 is 0.921 bits per heavy atom. The summed E-state index contributed by atoms with van der Waals surface area (Å²) in [6.07, 6.45) is 2.84. The third-order valence-electron chi connectivity index (χ3n) is 7.11. The Morgan fingerprint density at radius 3 is 2.13 bits per heavy atom. The predicted octanol–water partition coefficient (Wildman–Crippen LogP) is 4.60. The van der Waals surface area contributed by atoms with E-state index in [-0.39, 0.29) is 46.6 Å². The molecule has 2 aliphatic rings.